The zero-order valence-electron chi connectivity index (χ0n) is 11.4. The number of benzene rings is 1. The molecule has 0 saturated heterocycles. The van der Waals surface area contributed by atoms with Crippen LogP contribution in [0.2, 0.25) is 5.02 Å². The Morgan fingerprint density at radius 1 is 1.30 bits per heavy atom. The van der Waals surface area contributed by atoms with Crippen molar-refractivity contribution in [3.8, 4) is 0 Å². The van der Waals surface area contributed by atoms with Crippen LogP contribution in [0.25, 0.3) is 0 Å². The average molecular weight is 293 g/mol. The van der Waals surface area contributed by atoms with Gasteiger partial charge in [-0.3, -0.25) is 4.98 Å². The van der Waals surface area contributed by atoms with Crippen LogP contribution < -0.4 is 5.32 Å². The van der Waals surface area contributed by atoms with Crippen LogP contribution in [-0.4, -0.2) is 11.5 Å². The monoisotopic (exact) mass is 292 g/mol. The maximum absolute atomic E-state index is 13.9. The van der Waals surface area contributed by atoms with Gasteiger partial charge in [0.05, 0.1) is 11.7 Å². The lowest BCUT2D eigenvalue weighted by Crippen LogP contribution is -2.25. The summed E-state index contributed by atoms with van der Waals surface area (Å²) in [5.41, 5.74) is 1.53. The summed E-state index contributed by atoms with van der Waals surface area (Å²) in [5, 5.41) is 3.96. The Hall–Kier alpha value is -1.45. The highest BCUT2D eigenvalue weighted by molar-refractivity contribution is 6.30. The van der Waals surface area contributed by atoms with Crippen molar-refractivity contribution in [3.63, 3.8) is 0 Å². The first-order chi connectivity index (χ1) is 9.70. The predicted molar refractivity (Wildman–Crippen MR) is 80.4 cm³/mol. The van der Waals surface area contributed by atoms with E-state index >= 15 is 0 Å². The number of hydrogen-bond acceptors (Lipinski definition) is 2. The fourth-order valence-electron chi connectivity index (χ4n) is 2.10. The highest BCUT2D eigenvalue weighted by atomic mass is 35.5. The number of nitrogens with zero attached hydrogens (tertiary/aromatic N) is 1. The summed E-state index contributed by atoms with van der Waals surface area (Å²) in [4.78, 5) is 4.36. The van der Waals surface area contributed by atoms with Gasteiger partial charge in [-0.05, 0) is 55.3 Å². The number of pyridine rings is 1. The quantitative estimate of drug-likeness (QED) is 0.865. The molecule has 1 unspecified atom stereocenters. The SMILES string of the molecule is CCCNC(Cc1cc(Cl)ccc1F)c1ccccn1. The molecule has 1 aromatic carbocycles. The van der Waals surface area contributed by atoms with E-state index in [9.17, 15) is 4.39 Å². The Balaban J connectivity index is 2.21. The molecule has 4 heteroatoms. The summed E-state index contributed by atoms with van der Waals surface area (Å²) < 4.78 is 13.9. The second-order valence-electron chi connectivity index (χ2n) is 4.70. The third-order valence-electron chi connectivity index (χ3n) is 3.12. The number of halogens is 2. The van der Waals surface area contributed by atoms with E-state index in [1.165, 1.54) is 6.07 Å². The molecule has 106 valence electrons. The molecule has 1 atom stereocenters. The van der Waals surface area contributed by atoms with Crippen molar-refractivity contribution in [2.75, 3.05) is 6.54 Å². The van der Waals surface area contributed by atoms with Crippen molar-refractivity contribution in [1.82, 2.24) is 10.3 Å². The van der Waals surface area contributed by atoms with Crippen LogP contribution in [0, 0.1) is 5.82 Å². The lowest BCUT2D eigenvalue weighted by atomic mass is 10.0. The third kappa shape index (κ3) is 4.02. The second kappa shape index (κ2) is 7.36. The second-order valence-corrected chi connectivity index (χ2v) is 5.14. The topological polar surface area (TPSA) is 24.9 Å². The molecule has 20 heavy (non-hydrogen) atoms. The van der Waals surface area contributed by atoms with Gasteiger partial charge in [-0.2, -0.15) is 0 Å². The van der Waals surface area contributed by atoms with Gasteiger partial charge in [0.1, 0.15) is 5.82 Å². The third-order valence-corrected chi connectivity index (χ3v) is 3.35. The molecule has 0 saturated carbocycles. The first-order valence-electron chi connectivity index (χ1n) is 6.79. The highest BCUT2D eigenvalue weighted by Gasteiger charge is 2.15. The first-order valence-corrected chi connectivity index (χ1v) is 7.16. The standard InChI is InChI=1S/C16H18ClFN2/c1-2-8-19-16(15-5-3-4-9-20-15)11-12-10-13(17)6-7-14(12)18/h3-7,9-10,16,19H,2,8,11H2,1H3. The van der Waals surface area contributed by atoms with Gasteiger partial charge < -0.3 is 5.32 Å². The van der Waals surface area contributed by atoms with E-state index in [1.807, 2.05) is 18.2 Å². The summed E-state index contributed by atoms with van der Waals surface area (Å²) in [7, 11) is 0. The lowest BCUT2D eigenvalue weighted by Gasteiger charge is -2.18. The Labute approximate surface area is 124 Å². The van der Waals surface area contributed by atoms with Crippen molar-refractivity contribution >= 4 is 11.6 Å². The molecule has 0 amide bonds. The van der Waals surface area contributed by atoms with E-state index in [1.54, 1.807) is 18.3 Å². The van der Waals surface area contributed by atoms with E-state index in [0.29, 0.717) is 17.0 Å². The van der Waals surface area contributed by atoms with E-state index in [2.05, 4.69) is 17.2 Å². The van der Waals surface area contributed by atoms with E-state index < -0.39 is 0 Å². The molecule has 2 aromatic rings. The van der Waals surface area contributed by atoms with Crippen molar-refractivity contribution < 1.29 is 4.39 Å². The van der Waals surface area contributed by atoms with Gasteiger partial charge in [0.2, 0.25) is 0 Å². The van der Waals surface area contributed by atoms with Crippen molar-refractivity contribution in [2.45, 2.75) is 25.8 Å². The highest BCUT2D eigenvalue weighted by Crippen LogP contribution is 2.21. The molecule has 0 aliphatic heterocycles. The van der Waals surface area contributed by atoms with Crippen LogP contribution in [-0.2, 0) is 6.42 Å². The minimum atomic E-state index is -0.228. The number of hydrogen-bond donors (Lipinski definition) is 1. The molecule has 0 fully saturated rings. The smallest absolute Gasteiger partial charge is 0.126 e. The van der Waals surface area contributed by atoms with Crippen LogP contribution in [0.5, 0.6) is 0 Å². The van der Waals surface area contributed by atoms with Gasteiger partial charge in [0, 0.05) is 11.2 Å². The van der Waals surface area contributed by atoms with E-state index in [-0.39, 0.29) is 11.9 Å². The summed E-state index contributed by atoms with van der Waals surface area (Å²) in [5.74, 6) is -0.228. The van der Waals surface area contributed by atoms with Gasteiger partial charge in [-0.1, -0.05) is 24.6 Å². The van der Waals surface area contributed by atoms with Crippen molar-refractivity contribution in [3.05, 3.63) is 64.7 Å². The van der Waals surface area contributed by atoms with Crippen LogP contribution in [0.4, 0.5) is 4.39 Å². The largest absolute Gasteiger partial charge is 0.308 e. The molecule has 1 N–H and O–H groups in total. The molecule has 0 radical (unpaired) electrons. The Bertz CT molecular complexity index is 545. The number of nitrogens with one attached hydrogen (secondary N) is 1. The molecular weight excluding hydrogens is 275 g/mol. The van der Waals surface area contributed by atoms with Gasteiger partial charge in [0.15, 0.2) is 0 Å². The molecular formula is C16H18ClFN2. The van der Waals surface area contributed by atoms with Gasteiger partial charge in [0.25, 0.3) is 0 Å². The molecule has 0 aliphatic rings. The molecule has 1 heterocycles. The fourth-order valence-corrected chi connectivity index (χ4v) is 2.30. The van der Waals surface area contributed by atoms with Crippen molar-refractivity contribution in [1.29, 1.82) is 0 Å². The predicted octanol–water partition coefficient (Wildman–Crippen LogP) is 4.16. The van der Waals surface area contributed by atoms with Crippen molar-refractivity contribution in [2.24, 2.45) is 0 Å². The molecule has 1 aromatic heterocycles. The summed E-state index contributed by atoms with van der Waals surface area (Å²) in [6.45, 7) is 2.96. The van der Waals surface area contributed by atoms with E-state index in [4.69, 9.17) is 11.6 Å². The van der Waals surface area contributed by atoms with Gasteiger partial charge in [-0.25, -0.2) is 4.39 Å². The van der Waals surface area contributed by atoms with Gasteiger partial charge in [-0.15, -0.1) is 0 Å². The molecule has 2 nitrogen and oxygen atoms in total. The minimum Gasteiger partial charge on any atom is -0.308 e. The van der Waals surface area contributed by atoms with E-state index in [0.717, 1.165) is 18.7 Å². The Morgan fingerprint density at radius 2 is 2.15 bits per heavy atom. The summed E-state index contributed by atoms with van der Waals surface area (Å²) in [6, 6.07) is 10.4. The summed E-state index contributed by atoms with van der Waals surface area (Å²) >= 11 is 5.95. The summed E-state index contributed by atoms with van der Waals surface area (Å²) in [6.07, 6.45) is 3.30. The number of aromatic nitrogens is 1. The van der Waals surface area contributed by atoms with Gasteiger partial charge >= 0.3 is 0 Å². The average Bonchev–Trinajstić information content (AvgIpc) is 2.48. The lowest BCUT2D eigenvalue weighted by molar-refractivity contribution is 0.503. The Kier molecular flexibility index (Phi) is 5.50. The van der Waals surface area contributed by atoms with Crippen LogP contribution in [0.1, 0.15) is 30.6 Å². The fraction of sp³-hybridized carbons (Fsp3) is 0.312. The van der Waals surface area contributed by atoms with Crippen LogP contribution in [0.3, 0.4) is 0 Å². The molecule has 0 aliphatic carbocycles. The number of rotatable bonds is 6. The zero-order chi connectivity index (χ0) is 14.4. The maximum Gasteiger partial charge on any atom is 0.126 e. The van der Waals surface area contributed by atoms with Crippen LogP contribution >= 0.6 is 11.6 Å². The molecule has 0 spiro atoms. The Morgan fingerprint density at radius 3 is 2.85 bits per heavy atom. The zero-order valence-corrected chi connectivity index (χ0v) is 12.2. The molecule has 2 rings (SSSR count). The molecule has 0 bridgehead atoms. The van der Waals surface area contributed by atoms with Crippen LogP contribution in [0.15, 0.2) is 42.6 Å². The first kappa shape index (κ1) is 14.9. The maximum atomic E-state index is 13.9. The minimum absolute atomic E-state index is 0.0101. The normalized spacial score (nSPS) is 12.3.